The molecule has 2 aromatic carbocycles. The van der Waals surface area contributed by atoms with E-state index in [9.17, 15) is 4.79 Å². The normalized spacial score (nSPS) is 10.7. The topological polar surface area (TPSA) is 51.7 Å². The van der Waals surface area contributed by atoms with Crippen molar-refractivity contribution in [3.05, 3.63) is 74.7 Å². The summed E-state index contributed by atoms with van der Waals surface area (Å²) in [5.41, 5.74) is 5.03. The van der Waals surface area contributed by atoms with Crippen molar-refractivity contribution < 1.29 is 14.3 Å². The molecule has 0 spiro atoms. The molecule has 0 saturated carbocycles. The first-order valence-electron chi connectivity index (χ1n) is 9.41. The second kappa shape index (κ2) is 9.09. The zero-order valence-corrected chi connectivity index (χ0v) is 18.3. The summed E-state index contributed by atoms with van der Waals surface area (Å²) in [6.07, 6.45) is 0. The van der Waals surface area contributed by atoms with Gasteiger partial charge in [0, 0.05) is 18.0 Å². The number of carbonyl (C=O) groups excluding carboxylic acids is 1. The van der Waals surface area contributed by atoms with Gasteiger partial charge in [-0.3, -0.25) is 4.79 Å². The number of thiazole rings is 1. The predicted molar refractivity (Wildman–Crippen MR) is 116 cm³/mol. The van der Waals surface area contributed by atoms with Gasteiger partial charge >= 0.3 is 0 Å². The Bertz CT molecular complexity index is 996. The van der Waals surface area contributed by atoms with E-state index in [1.807, 2.05) is 5.38 Å². The minimum absolute atomic E-state index is 0.0516. The number of ether oxygens (including phenoxy) is 2. The van der Waals surface area contributed by atoms with Crippen molar-refractivity contribution in [3.8, 4) is 11.5 Å². The summed E-state index contributed by atoms with van der Waals surface area (Å²) in [5.74, 6) is 1.57. The maximum Gasteiger partial charge on any atom is 0.253 e. The van der Waals surface area contributed by atoms with Crippen LogP contribution in [-0.2, 0) is 13.2 Å². The number of rotatable bonds is 7. The fourth-order valence-corrected chi connectivity index (χ4v) is 3.74. The zero-order valence-electron chi connectivity index (χ0n) is 17.5. The monoisotopic (exact) mass is 410 g/mol. The van der Waals surface area contributed by atoms with Gasteiger partial charge in [-0.15, -0.1) is 11.3 Å². The Morgan fingerprint density at radius 2 is 1.86 bits per heavy atom. The summed E-state index contributed by atoms with van der Waals surface area (Å²) in [7, 11) is 3.38. The first kappa shape index (κ1) is 20.9. The summed E-state index contributed by atoms with van der Waals surface area (Å²) >= 11 is 1.55. The lowest BCUT2D eigenvalue weighted by Gasteiger charge is -2.16. The van der Waals surface area contributed by atoms with Gasteiger partial charge in [-0.05, 0) is 67.8 Å². The molecule has 0 atom stereocenters. The van der Waals surface area contributed by atoms with Crippen molar-refractivity contribution in [3.63, 3.8) is 0 Å². The Morgan fingerprint density at radius 1 is 1.14 bits per heavy atom. The third-order valence-electron chi connectivity index (χ3n) is 4.80. The number of methoxy groups -OCH3 is 1. The average Bonchev–Trinajstić information content (AvgIpc) is 3.16. The molecule has 5 nitrogen and oxygen atoms in total. The Balaban J connectivity index is 1.60. The van der Waals surface area contributed by atoms with Crippen molar-refractivity contribution >= 4 is 17.2 Å². The number of aryl methyl sites for hydroxylation is 2. The molecule has 6 heteroatoms. The summed E-state index contributed by atoms with van der Waals surface area (Å²) in [6, 6.07) is 11.3. The van der Waals surface area contributed by atoms with Gasteiger partial charge < -0.3 is 14.4 Å². The van der Waals surface area contributed by atoms with Crippen molar-refractivity contribution in [1.82, 2.24) is 9.88 Å². The minimum Gasteiger partial charge on any atom is -0.497 e. The molecule has 0 aliphatic heterocycles. The number of aromatic nitrogens is 1. The number of benzene rings is 2. The summed E-state index contributed by atoms with van der Waals surface area (Å²) in [6.45, 7) is 7.09. The van der Waals surface area contributed by atoms with E-state index in [4.69, 9.17) is 9.47 Å². The first-order valence-corrected chi connectivity index (χ1v) is 10.3. The van der Waals surface area contributed by atoms with Gasteiger partial charge in [0.15, 0.2) is 0 Å². The molecule has 0 N–H and O–H groups in total. The van der Waals surface area contributed by atoms with E-state index in [0.29, 0.717) is 18.7 Å². The van der Waals surface area contributed by atoms with Crippen LogP contribution >= 0.6 is 11.3 Å². The van der Waals surface area contributed by atoms with Crippen LogP contribution in [-0.4, -0.2) is 29.9 Å². The molecule has 3 aromatic rings. The number of carbonyl (C=O) groups is 1. The highest BCUT2D eigenvalue weighted by molar-refractivity contribution is 7.09. The van der Waals surface area contributed by atoms with Gasteiger partial charge in [0.05, 0.1) is 19.3 Å². The lowest BCUT2D eigenvalue weighted by atomic mass is 10.1. The van der Waals surface area contributed by atoms with Gasteiger partial charge in [-0.1, -0.05) is 6.07 Å². The molecule has 0 bridgehead atoms. The van der Waals surface area contributed by atoms with Gasteiger partial charge in [-0.2, -0.15) is 0 Å². The van der Waals surface area contributed by atoms with Crippen molar-refractivity contribution in [2.24, 2.45) is 0 Å². The van der Waals surface area contributed by atoms with Crippen LogP contribution in [0.4, 0.5) is 0 Å². The number of amides is 1. The molecule has 1 amide bonds. The minimum atomic E-state index is -0.0516. The fourth-order valence-electron chi connectivity index (χ4n) is 3.05. The molecule has 1 aromatic heterocycles. The quantitative estimate of drug-likeness (QED) is 0.554. The molecule has 0 aliphatic rings. The van der Waals surface area contributed by atoms with Crippen LogP contribution < -0.4 is 9.47 Å². The van der Waals surface area contributed by atoms with Crippen LogP contribution in [0.3, 0.4) is 0 Å². The highest BCUT2D eigenvalue weighted by atomic mass is 32.1. The van der Waals surface area contributed by atoms with E-state index in [0.717, 1.165) is 27.8 Å². The van der Waals surface area contributed by atoms with Crippen molar-refractivity contribution in [2.45, 2.75) is 33.9 Å². The lowest BCUT2D eigenvalue weighted by molar-refractivity contribution is 0.0783. The average molecular weight is 411 g/mol. The number of hydrogen-bond donors (Lipinski definition) is 0. The second-order valence-electron chi connectivity index (χ2n) is 7.12. The molecule has 3 rings (SSSR count). The van der Waals surface area contributed by atoms with Gasteiger partial charge in [0.25, 0.3) is 5.91 Å². The van der Waals surface area contributed by atoms with E-state index in [1.165, 1.54) is 11.1 Å². The summed E-state index contributed by atoms with van der Waals surface area (Å²) < 4.78 is 11.1. The summed E-state index contributed by atoms with van der Waals surface area (Å²) in [5, 5.41) is 2.87. The first-order chi connectivity index (χ1) is 13.9. The molecule has 0 saturated heterocycles. The van der Waals surface area contributed by atoms with E-state index < -0.39 is 0 Å². The second-order valence-corrected chi connectivity index (χ2v) is 8.06. The Hall–Kier alpha value is -2.86. The van der Waals surface area contributed by atoms with Crippen LogP contribution in [0.1, 0.15) is 37.7 Å². The standard InChI is InChI=1S/C23H26N2O3S/c1-15-10-16(2)17(3)21(11-15)28-13-22-24-19(14-29-22)12-25(4)23(26)18-6-8-20(27-5)9-7-18/h6-11,14H,12-13H2,1-5H3. The number of hydrogen-bond acceptors (Lipinski definition) is 5. The molecule has 0 unspecified atom stereocenters. The van der Waals surface area contributed by atoms with Crippen LogP contribution in [0.25, 0.3) is 0 Å². The SMILES string of the molecule is COc1ccc(C(=O)N(C)Cc2csc(COc3cc(C)cc(C)c3C)n2)cc1. The Labute approximate surface area is 175 Å². The summed E-state index contributed by atoms with van der Waals surface area (Å²) in [4.78, 5) is 18.9. The molecule has 0 aliphatic carbocycles. The van der Waals surface area contributed by atoms with Crippen LogP contribution in [0.15, 0.2) is 41.8 Å². The van der Waals surface area contributed by atoms with E-state index >= 15 is 0 Å². The van der Waals surface area contributed by atoms with E-state index in [1.54, 1.807) is 54.7 Å². The van der Waals surface area contributed by atoms with Gasteiger partial charge in [-0.25, -0.2) is 4.98 Å². The highest BCUT2D eigenvalue weighted by Crippen LogP contribution is 2.25. The highest BCUT2D eigenvalue weighted by Gasteiger charge is 2.14. The van der Waals surface area contributed by atoms with E-state index in [-0.39, 0.29) is 5.91 Å². The molecular weight excluding hydrogens is 384 g/mol. The Morgan fingerprint density at radius 3 is 2.55 bits per heavy atom. The van der Waals surface area contributed by atoms with Crippen molar-refractivity contribution in [1.29, 1.82) is 0 Å². The van der Waals surface area contributed by atoms with Gasteiger partial charge in [0.2, 0.25) is 0 Å². The van der Waals surface area contributed by atoms with E-state index in [2.05, 4.69) is 37.9 Å². The zero-order chi connectivity index (χ0) is 21.0. The smallest absolute Gasteiger partial charge is 0.253 e. The molecule has 0 fully saturated rings. The predicted octanol–water partition coefficient (Wildman–Crippen LogP) is 4.93. The van der Waals surface area contributed by atoms with Crippen molar-refractivity contribution in [2.75, 3.05) is 14.2 Å². The number of nitrogens with zero attached hydrogens (tertiary/aromatic N) is 2. The molecule has 152 valence electrons. The Kier molecular flexibility index (Phi) is 6.54. The largest absolute Gasteiger partial charge is 0.497 e. The fraction of sp³-hybridized carbons (Fsp3) is 0.304. The lowest BCUT2D eigenvalue weighted by Crippen LogP contribution is -2.26. The van der Waals surface area contributed by atoms with Gasteiger partial charge in [0.1, 0.15) is 23.1 Å². The molecule has 29 heavy (non-hydrogen) atoms. The molecular formula is C23H26N2O3S. The third kappa shape index (κ3) is 5.15. The van der Waals surface area contributed by atoms with Crippen LogP contribution in [0, 0.1) is 20.8 Å². The maximum atomic E-state index is 12.6. The maximum absolute atomic E-state index is 12.6. The third-order valence-corrected chi connectivity index (χ3v) is 5.67. The van der Waals surface area contributed by atoms with Crippen LogP contribution in [0.5, 0.6) is 11.5 Å². The molecule has 0 radical (unpaired) electrons. The molecule has 1 heterocycles. The van der Waals surface area contributed by atoms with Crippen LogP contribution in [0.2, 0.25) is 0 Å².